The van der Waals surface area contributed by atoms with Crippen molar-refractivity contribution in [3.63, 3.8) is 0 Å². The van der Waals surface area contributed by atoms with Crippen LogP contribution >= 0.6 is 11.6 Å². The lowest BCUT2D eigenvalue weighted by molar-refractivity contribution is 0.0532. The summed E-state index contributed by atoms with van der Waals surface area (Å²) in [5, 5.41) is 7.64. The van der Waals surface area contributed by atoms with Crippen LogP contribution in [-0.2, 0) is 0 Å². The molecule has 9 heteroatoms. The van der Waals surface area contributed by atoms with E-state index in [9.17, 15) is 14.4 Å². The van der Waals surface area contributed by atoms with Gasteiger partial charge in [0.05, 0.1) is 11.3 Å². The molecule has 2 amide bonds. The highest BCUT2D eigenvalue weighted by Gasteiger charge is 2.26. The highest BCUT2D eigenvalue weighted by Crippen LogP contribution is 2.21. The van der Waals surface area contributed by atoms with Crippen LogP contribution in [0.4, 0.5) is 0 Å². The Balaban J connectivity index is 1.39. The van der Waals surface area contributed by atoms with Gasteiger partial charge in [-0.1, -0.05) is 23.7 Å². The number of piperazine rings is 1. The number of carbonyl (C=O) groups excluding carboxylic acids is 2. The number of rotatable bonds is 3. The quantitative estimate of drug-likeness (QED) is 0.688. The van der Waals surface area contributed by atoms with Crippen molar-refractivity contribution in [1.29, 1.82) is 0 Å². The molecule has 3 heterocycles. The van der Waals surface area contributed by atoms with Gasteiger partial charge >= 0.3 is 0 Å². The normalized spacial score (nSPS) is 14.1. The minimum absolute atomic E-state index is 0.158. The smallest absolute Gasteiger partial charge is 0.272 e. The van der Waals surface area contributed by atoms with Crippen molar-refractivity contribution in [3.8, 4) is 11.3 Å². The number of nitrogens with one attached hydrogen (secondary N) is 2. The standard InChI is InChI=1S/C20H18ClN5O3/c21-15-4-1-13(2-5-15)16-11-17(24-23-16)20(29)26-9-7-25(8-10-26)19(28)14-3-6-18(27)22-12-14/h1-6,11-12H,7-10H2,(H,22,27)(H,23,24). The number of nitrogens with zero attached hydrogens (tertiary/aromatic N) is 3. The summed E-state index contributed by atoms with van der Waals surface area (Å²) in [5.41, 5.74) is 2.09. The van der Waals surface area contributed by atoms with E-state index < -0.39 is 0 Å². The zero-order chi connectivity index (χ0) is 20.4. The molecule has 1 aromatic carbocycles. The van der Waals surface area contributed by atoms with Crippen LogP contribution in [0, 0.1) is 0 Å². The average molecular weight is 412 g/mol. The van der Waals surface area contributed by atoms with E-state index >= 15 is 0 Å². The van der Waals surface area contributed by atoms with Crippen molar-refractivity contribution < 1.29 is 9.59 Å². The Bertz CT molecular complexity index is 1080. The fourth-order valence-electron chi connectivity index (χ4n) is 3.21. The van der Waals surface area contributed by atoms with Gasteiger partial charge in [-0.05, 0) is 24.3 Å². The van der Waals surface area contributed by atoms with Gasteiger partial charge in [-0.3, -0.25) is 19.5 Å². The lowest BCUT2D eigenvalue weighted by atomic mass is 10.1. The molecule has 0 aliphatic carbocycles. The lowest BCUT2D eigenvalue weighted by Crippen LogP contribution is -2.50. The summed E-state index contributed by atoms with van der Waals surface area (Å²) < 4.78 is 0. The molecule has 3 aromatic rings. The SMILES string of the molecule is O=C(c1ccc(=O)[nH]c1)N1CCN(C(=O)c2cc(-c3ccc(Cl)cc3)n[nH]2)CC1. The molecule has 29 heavy (non-hydrogen) atoms. The van der Waals surface area contributed by atoms with Crippen molar-refractivity contribution in [2.45, 2.75) is 0 Å². The van der Waals surface area contributed by atoms with E-state index in [1.165, 1.54) is 18.3 Å². The van der Waals surface area contributed by atoms with Crippen LogP contribution in [0.3, 0.4) is 0 Å². The van der Waals surface area contributed by atoms with Crippen molar-refractivity contribution in [2.75, 3.05) is 26.2 Å². The number of hydrogen-bond acceptors (Lipinski definition) is 4. The highest BCUT2D eigenvalue weighted by atomic mass is 35.5. The first-order chi connectivity index (χ1) is 14.0. The van der Waals surface area contributed by atoms with Crippen LogP contribution in [0.1, 0.15) is 20.8 Å². The number of carbonyl (C=O) groups is 2. The lowest BCUT2D eigenvalue weighted by Gasteiger charge is -2.34. The minimum Gasteiger partial charge on any atom is -0.335 e. The predicted molar refractivity (Wildman–Crippen MR) is 108 cm³/mol. The molecule has 0 saturated carbocycles. The van der Waals surface area contributed by atoms with Gasteiger partial charge in [0.2, 0.25) is 5.56 Å². The first kappa shape index (κ1) is 18.9. The fraction of sp³-hybridized carbons (Fsp3) is 0.200. The molecule has 4 rings (SSSR count). The van der Waals surface area contributed by atoms with Gasteiger partial charge in [0.25, 0.3) is 11.8 Å². The second-order valence-electron chi connectivity index (χ2n) is 6.70. The third-order valence-corrected chi connectivity index (χ3v) is 5.09. The zero-order valence-electron chi connectivity index (χ0n) is 15.4. The molecular weight excluding hydrogens is 394 g/mol. The third kappa shape index (κ3) is 4.07. The molecule has 2 N–H and O–H groups in total. The van der Waals surface area contributed by atoms with Crippen molar-refractivity contribution >= 4 is 23.4 Å². The zero-order valence-corrected chi connectivity index (χ0v) is 16.1. The molecule has 1 aliphatic rings. The average Bonchev–Trinajstić information content (AvgIpc) is 3.24. The van der Waals surface area contributed by atoms with Gasteiger partial charge in [0.1, 0.15) is 5.69 Å². The third-order valence-electron chi connectivity index (χ3n) is 4.83. The molecule has 1 saturated heterocycles. The summed E-state index contributed by atoms with van der Waals surface area (Å²) >= 11 is 5.90. The monoisotopic (exact) mass is 411 g/mol. The van der Waals surface area contributed by atoms with Crippen molar-refractivity contribution in [1.82, 2.24) is 25.0 Å². The van der Waals surface area contributed by atoms with Gasteiger partial charge in [-0.25, -0.2) is 0 Å². The summed E-state index contributed by atoms with van der Waals surface area (Å²) in [6.45, 7) is 1.68. The Labute approximate surface area is 171 Å². The number of H-pyrrole nitrogens is 2. The number of halogens is 1. The second-order valence-corrected chi connectivity index (χ2v) is 7.14. The summed E-state index contributed by atoms with van der Waals surface area (Å²) in [7, 11) is 0. The Morgan fingerprint density at radius 3 is 2.21 bits per heavy atom. The van der Waals surface area contributed by atoms with Crippen LogP contribution in [0.25, 0.3) is 11.3 Å². The summed E-state index contributed by atoms with van der Waals surface area (Å²) in [5.74, 6) is -0.325. The topological polar surface area (TPSA) is 102 Å². The molecule has 0 radical (unpaired) electrons. The molecule has 0 atom stereocenters. The van der Waals surface area contributed by atoms with Crippen LogP contribution in [0.15, 0.2) is 53.5 Å². The first-order valence-electron chi connectivity index (χ1n) is 9.10. The molecule has 148 valence electrons. The Morgan fingerprint density at radius 1 is 0.931 bits per heavy atom. The van der Waals surface area contributed by atoms with E-state index in [0.29, 0.717) is 48.2 Å². The van der Waals surface area contributed by atoms with Crippen LogP contribution < -0.4 is 5.56 Å². The fourth-order valence-corrected chi connectivity index (χ4v) is 3.33. The maximum atomic E-state index is 12.8. The molecule has 1 aliphatic heterocycles. The number of benzene rings is 1. The number of aromatic amines is 2. The number of pyridine rings is 1. The largest absolute Gasteiger partial charge is 0.335 e. The number of hydrogen-bond donors (Lipinski definition) is 2. The van der Waals surface area contributed by atoms with Crippen molar-refractivity contribution in [2.24, 2.45) is 0 Å². The predicted octanol–water partition coefficient (Wildman–Crippen LogP) is 2.02. The molecule has 0 spiro atoms. The maximum Gasteiger partial charge on any atom is 0.272 e. The first-order valence-corrected chi connectivity index (χ1v) is 9.48. The maximum absolute atomic E-state index is 12.8. The summed E-state index contributed by atoms with van der Waals surface area (Å²) in [4.78, 5) is 42.3. The summed E-state index contributed by atoms with van der Waals surface area (Å²) in [6.07, 6.45) is 1.41. The van der Waals surface area contributed by atoms with Crippen LogP contribution in [0.2, 0.25) is 5.02 Å². The van der Waals surface area contributed by atoms with Gasteiger partial charge in [0.15, 0.2) is 0 Å². The number of aromatic nitrogens is 3. The van der Waals surface area contributed by atoms with E-state index in [1.807, 2.05) is 12.1 Å². The minimum atomic E-state index is -0.255. The second kappa shape index (κ2) is 7.92. The van der Waals surface area contributed by atoms with Gasteiger partial charge in [0, 0.05) is 49.0 Å². The highest BCUT2D eigenvalue weighted by molar-refractivity contribution is 6.30. The Morgan fingerprint density at radius 2 is 1.59 bits per heavy atom. The van der Waals surface area contributed by atoms with Crippen LogP contribution in [0.5, 0.6) is 0 Å². The van der Waals surface area contributed by atoms with E-state index in [0.717, 1.165) is 5.56 Å². The molecule has 0 unspecified atom stereocenters. The van der Waals surface area contributed by atoms with E-state index in [4.69, 9.17) is 11.6 Å². The van der Waals surface area contributed by atoms with E-state index in [-0.39, 0.29) is 17.4 Å². The van der Waals surface area contributed by atoms with Crippen LogP contribution in [-0.4, -0.2) is 63.0 Å². The Kier molecular flexibility index (Phi) is 5.18. The molecule has 1 fully saturated rings. The van der Waals surface area contributed by atoms with E-state index in [2.05, 4.69) is 15.2 Å². The number of amides is 2. The van der Waals surface area contributed by atoms with E-state index in [1.54, 1.807) is 28.0 Å². The Hall–Kier alpha value is -3.39. The molecule has 0 bridgehead atoms. The molecular formula is C20H18ClN5O3. The van der Waals surface area contributed by atoms with Gasteiger partial charge < -0.3 is 14.8 Å². The van der Waals surface area contributed by atoms with Crippen molar-refractivity contribution in [3.05, 3.63) is 75.3 Å². The van der Waals surface area contributed by atoms with Gasteiger partial charge in [-0.2, -0.15) is 5.10 Å². The van der Waals surface area contributed by atoms with Gasteiger partial charge in [-0.15, -0.1) is 0 Å². The molecule has 2 aromatic heterocycles. The summed E-state index contributed by atoms with van der Waals surface area (Å²) in [6, 6.07) is 11.8. The molecule has 8 nitrogen and oxygen atoms in total.